The van der Waals surface area contributed by atoms with Crippen molar-refractivity contribution < 1.29 is 38.1 Å². The first-order chi connectivity index (χ1) is 21.1. The largest absolute Gasteiger partial charge is 0.496 e. The molecular weight excluding hydrogens is 566 g/mol. The van der Waals surface area contributed by atoms with Crippen molar-refractivity contribution in [3.8, 4) is 42.1 Å². The molecule has 224 valence electrons. The van der Waals surface area contributed by atoms with E-state index in [4.69, 9.17) is 41.2 Å². The predicted octanol–water partition coefficient (Wildman–Crippen LogP) is 4.10. The minimum atomic E-state index is -0.797. The third-order valence-electron chi connectivity index (χ3n) is 5.45. The van der Waals surface area contributed by atoms with Gasteiger partial charge in [-0.1, -0.05) is 0 Å². The van der Waals surface area contributed by atoms with Crippen LogP contribution in [0.2, 0.25) is 0 Å². The van der Waals surface area contributed by atoms with E-state index < -0.39 is 23.5 Å². The van der Waals surface area contributed by atoms with E-state index in [2.05, 4.69) is 5.92 Å². The lowest BCUT2D eigenvalue weighted by Crippen LogP contribution is -2.14. The second-order valence-corrected chi connectivity index (χ2v) is 8.50. The molecule has 0 aliphatic heterocycles. The standard InChI is InChI=1S/C17H15NO4.C16H14N2O4/c1-4-5-8-22-17(20)15(12(2)19)10-14-7-6-13(11-18)9-16(14)21-3;1-11(19)14(16(20)22-7-3-6-17)9-13-5-4-12(10-18)8-15(13)21-2/h1,6-7,9-10H,5,8H2,2-3H3;4-5,8-9H,3,7H2,1-2H3/b15-10-;14-9+. The summed E-state index contributed by atoms with van der Waals surface area (Å²) in [6.45, 7) is 2.48. The van der Waals surface area contributed by atoms with Gasteiger partial charge in [-0.2, -0.15) is 15.8 Å². The second kappa shape index (κ2) is 19.0. The van der Waals surface area contributed by atoms with E-state index in [1.165, 1.54) is 52.4 Å². The molecule has 0 fully saturated rings. The fourth-order valence-electron chi connectivity index (χ4n) is 3.27. The van der Waals surface area contributed by atoms with Gasteiger partial charge in [-0.15, -0.1) is 12.3 Å². The van der Waals surface area contributed by atoms with Gasteiger partial charge in [-0.3, -0.25) is 9.59 Å². The number of nitriles is 3. The molecule has 0 spiro atoms. The van der Waals surface area contributed by atoms with Crippen molar-refractivity contribution in [1.29, 1.82) is 15.8 Å². The van der Waals surface area contributed by atoms with Gasteiger partial charge in [-0.05, 0) is 62.4 Å². The van der Waals surface area contributed by atoms with Crippen LogP contribution in [0.3, 0.4) is 0 Å². The second-order valence-electron chi connectivity index (χ2n) is 8.50. The molecule has 0 radical (unpaired) electrons. The summed E-state index contributed by atoms with van der Waals surface area (Å²) in [7, 11) is 2.86. The van der Waals surface area contributed by atoms with E-state index in [1.807, 2.05) is 18.2 Å². The van der Waals surface area contributed by atoms with Crippen molar-refractivity contribution in [3.05, 3.63) is 69.8 Å². The Bertz CT molecular complexity index is 1500. The number of ketones is 2. The molecule has 0 N–H and O–H groups in total. The molecule has 0 saturated carbocycles. The molecular formula is C33H29N3O8. The quantitative estimate of drug-likeness (QED) is 0.0862. The highest BCUT2D eigenvalue weighted by Crippen LogP contribution is 2.24. The Labute approximate surface area is 255 Å². The first-order valence-corrected chi connectivity index (χ1v) is 12.8. The van der Waals surface area contributed by atoms with Gasteiger partial charge in [0, 0.05) is 17.5 Å². The zero-order chi connectivity index (χ0) is 33.1. The number of ether oxygens (including phenoxy) is 4. The summed E-state index contributed by atoms with van der Waals surface area (Å²) < 4.78 is 20.1. The fraction of sp³-hybridized carbons (Fsp3) is 0.242. The zero-order valence-corrected chi connectivity index (χ0v) is 24.6. The maximum atomic E-state index is 11.9. The lowest BCUT2D eigenvalue weighted by Gasteiger charge is -2.08. The van der Waals surface area contributed by atoms with E-state index >= 15 is 0 Å². The van der Waals surface area contributed by atoms with Crippen LogP contribution in [0.15, 0.2) is 47.5 Å². The normalized spacial score (nSPS) is 10.3. The molecule has 2 aromatic rings. The summed E-state index contributed by atoms with van der Waals surface area (Å²) in [5.74, 6) is 0.650. The molecule has 11 heteroatoms. The Balaban J connectivity index is 0.000000440. The first-order valence-electron chi connectivity index (χ1n) is 12.8. The van der Waals surface area contributed by atoms with Crippen molar-refractivity contribution in [2.75, 3.05) is 27.4 Å². The van der Waals surface area contributed by atoms with Gasteiger partial charge >= 0.3 is 11.9 Å². The maximum absolute atomic E-state index is 11.9. The van der Waals surface area contributed by atoms with E-state index in [1.54, 1.807) is 24.3 Å². The molecule has 0 amide bonds. The molecule has 0 aliphatic rings. The van der Waals surface area contributed by atoms with Gasteiger partial charge in [0.2, 0.25) is 0 Å². The number of hydrogen-bond acceptors (Lipinski definition) is 11. The molecule has 0 bridgehead atoms. The Morgan fingerprint density at radius 1 is 0.727 bits per heavy atom. The average Bonchev–Trinajstić information content (AvgIpc) is 3.02. The number of methoxy groups -OCH3 is 2. The van der Waals surface area contributed by atoms with Gasteiger partial charge in [0.05, 0.1) is 50.0 Å². The summed E-state index contributed by atoms with van der Waals surface area (Å²) in [5.41, 5.74) is 1.52. The lowest BCUT2D eigenvalue weighted by molar-refractivity contribution is -0.141. The summed E-state index contributed by atoms with van der Waals surface area (Å²) in [5, 5.41) is 26.1. The average molecular weight is 596 g/mol. The number of terminal acetylenes is 1. The van der Waals surface area contributed by atoms with Crippen molar-refractivity contribution in [2.45, 2.75) is 26.7 Å². The summed E-state index contributed by atoms with van der Waals surface area (Å²) in [6, 6.07) is 15.1. The number of rotatable bonds is 12. The van der Waals surface area contributed by atoms with Crippen LogP contribution in [0, 0.1) is 46.3 Å². The van der Waals surface area contributed by atoms with E-state index in [0.29, 0.717) is 33.8 Å². The highest BCUT2D eigenvalue weighted by molar-refractivity contribution is 6.20. The van der Waals surface area contributed by atoms with E-state index in [0.717, 1.165) is 0 Å². The van der Waals surface area contributed by atoms with Crippen LogP contribution in [-0.4, -0.2) is 50.9 Å². The summed E-state index contributed by atoms with van der Waals surface area (Å²) in [4.78, 5) is 47.0. The third-order valence-corrected chi connectivity index (χ3v) is 5.45. The van der Waals surface area contributed by atoms with E-state index in [-0.39, 0.29) is 37.2 Å². The minimum Gasteiger partial charge on any atom is -0.496 e. The topological polar surface area (TPSA) is 177 Å². The fourth-order valence-corrected chi connectivity index (χ4v) is 3.27. The lowest BCUT2D eigenvalue weighted by atomic mass is 10.1. The Morgan fingerprint density at radius 3 is 1.45 bits per heavy atom. The van der Waals surface area contributed by atoms with Crippen LogP contribution in [0.1, 0.15) is 48.9 Å². The summed E-state index contributed by atoms with van der Waals surface area (Å²) >= 11 is 0. The number of carbonyl (C=O) groups excluding carboxylic acids is 4. The van der Waals surface area contributed by atoms with Gasteiger partial charge in [0.1, 0.15) is 35.9 Å². The monoisotopic (exact) mass is 595 g/mol. The molecule has 11 nitrogen and oxygen atoms in total. The number of hydrogen-bond donors (Lipinski definition) is 0. The number of Topliss-reactive ketones (excluding diaryl/α,β-unsaturated/α-hetero) is 2. The molecule has 0 aromatic heterocycles. The molecule has 0 unspecified atom stereocenters. The SMILES string of the molecule is C#CCCOC(=O)/C(=C\c1ccc(C#N)cc1OC)C(C)=O.COc1cc(C#N)ccc1/C=C(\C(C)=O)C(=O)OCCC#N. The number of benzene rings is 2. The summed E-state index contributed by atoms with van der Waals surface area (Å²) in [6.07, 6.45) is 8.12. The van der Waals surface area contributed by atoms with Gasteiger partial charge in [0.25, 0.3) is 0 Å². The Kier molecular flexibility index (Phi) is 15.5. The molecule has 0 aliphatic carbocycles. The van der Waals surface area contributed by atoms with Gasteiger partial charge < -0.3 is 18.9 Å². The van der Waals surface area contributed by atoms with Crippen LogP contribution in [0.5, 0.6) is 11.5 Å². The van der Waals surface area contributed by atoms with Gasteiger partial charge in [-0.25, -0.2) is 9.59 Å². The van der Waals surface area contributed by atoms with Crippen LogP contribution in [0.25, 0.3) is 12.2 Å². The number of nitrogens with zero attached hydrogens (tertiary/aromatic N) is 3. The van der Waals surface area contributed by atoms with Crippen molar-refractivity contribution >= 4 is 35.7 Å². The highest BCUT2D eigenvalue weighted by atomic mass is 16.5. The molecule has 0 heterocycles. The van der Waals surface area contributed by atoms with Crippen LogP contribution in [-0.2, 0) is 28.7 Å². The molecule has 0 saturated heterocycles. The molecule has 2 rings (SSSR count). The predicted molar refractivity (Wildman–Crippen MR) is 158 cm³/mol. The molecule has 44 heavy (non-hydrogen) atoms. The zero-order valence-electron chi connectivity index (χ0n) is 24.6. The van der Waals surface area contributed by atoms with Crippen molar-refractivity contribution in [2.24, 2.45) is 0 Å². The third kappa shape index (κ3) is 11.4. The van der Waals surface area contributed by atoms with Gasteiger partial charge in [0.15, 0.2) is 11.6 Å². The maximum Gasteiger partial charge on any atom is 0.341 e. The Hall–Kier alpha value is -6.17. The van der Waals surface area contributed by atoms with Crippen LogP contribution >= 0.6 is 0 Å². The highest BCUT2D eigenvalue weighted by Gasteiger charge is 2.18. The Morgan fingerprint density at radius 2 is 1.14 bits per heavy atom. The van der Waals surface area contributed by atoms with Crippen LogP contribution in [0.4, 0.5) is 0 Å². The van der Waals surface area contributed by atoms with Crippen LogP contribution < -0.4 is 9.47 Å². The van der Waals surface area contributed by atoms with E-state index in [9.17, 15) is 19.2 Å². The number of esters is 2. The molecule has 2 aromatic carbocycles. The number of carbonyl (C=O) groups is 4. The minimum absolute atomic E-state index is 0.0461. The first kappa shape index (κ1) is 35.9. The molecule has 0 atom stereocenters. The van der Waals surface area contributed by atoms with Crippen molar-refractivity contribution in [1.82, 2.24) is 0 Å². The smallest absolute Gasteiger partial charge is 0.341 e. The van der Waals surface area contributed by atoms with Crippen molar-refractivity contribution in [3.63, 3.8) is 0 Å².